The first-order valence-corrected chi connectivity index (χ1v) is 9.72. The molecule has 0 amide bonds. The van der Waals surface area contributed by atoms with E-state index in [0.717, 1.165) is 10.4 Å². The van der Waals surface area contributed by atoms with E-state index < -0.39 is 10.9 Å². The van der Waals surface area contributed by atoms with E-state index in [1.165, 1.54) is 30.6 Å². The Morgan fingerprint density at radius 2 is 1.86 bits per heavy atom. The van der Waals surface area contributed by atoms with Gasteiger partial charge in [0.25, 0.3) is 5.69 Å². The minimum absolute atomic E-state index is 0.00525. The van der Waals surface area contributed by atoms with Crippen molar-refractivity contribution in [1.82, 2.24) is 0 Å². The topological polar surface area (TPSA) is 93.5 Å². The van der Waals surface area contributed by atoms with Crippen LogP contribution in [0.5, 0.6) is 0 Å². The summed E-state index contributed by atoms with van der Waals surface area (Å²) >= 11 is 6.75. The number of nitrogens with one attached hydrogen (secondary N) is 2. The van der Waals surface area contributed by atoms with E-state index in [4.69, 9.17) is 17.0 Å². The molecule has 1 heterocycles. The molecule has 0 saturated carbocycles. The van der Waals surface area contributed by atoms with Crippen molar-refractivity contribution in [3.8, 4) is 10.4 Å². The van der Waals surface area contributed by atoms with Crippen LogP contribution in [0.3, 0.4) is 0 Å². The molecule has 148 valence electrons. The zero-order chi connectivity index (χ0) is 21.0. The molecule has 2 N–H and O–H groups in total. The Morgan fingerprint density at radius 1 is 1.14 bits per heavy atom. The summed E-state index contributed by atoms with van der Waals surface area (Å²) in [5.74, 6) is -0.472. The number of hydrogen-bond donors (Lipinski definition) is 2. The van der Waals surface area contributed by atoms with Crippen LogP contribution in [0, 0.1) is 17.0 Å². The fraction of sp³-hybridized carbons (Fsp3) is 0.100. The van der Waals surface area contributed by atoms with Crippen molar-refractivity contribution in [2.24, 2.45) is 0 Å². The molecule has 0 radical (unpaired) electrons. The Balaban J connectivity index is 1.83. The van der Waals surface area contributed by atoms with E-state index in [-0.39, 0.29) is 10.8 Å². The van der Waals surface area contributed by atoms with E-state index in [2.05, 4.69) is 10.6 Å². The predicted octanol–water partition coefficient (Wildman–Crippen LogP) is 5.23. The van der Waals surface area contributed by atoms with Crippen molar-refractivity contribution in [1.29, 1.82) is 0 Å². The van der Waals surface area contributed by atoms with Gasteiger partial charge >= 0.3 is 5.97 Å². The number of aryl methyl sites for hydroxylation is 1. The smallest absolute Gasteiger partial charge is 0.340 e. The Hall–Kier alpha value is -3.30. The van der Waals surface area contributed by atoms with Crippen LogP contribution in [0.2, 0.25) is 0 Å². The van der Waals surface area contributed by atoms with Crippen molar-refractivity contribution < 1.29 is 14.5 Å². The van der Waals surface area contributed by atoms with Crippen LogP contribution in [0.4, 0.5) is 16.4 Å². The number of esters is 1. The molecule has 0 bridgehead atoms. The first-order valence-electron chi connectivity index (χ1n) is 8.49. The first-order chi connectivity index (χ1) is 13.9. The van der Waals surface area contributed by atoms with Gasteiger partial charge in [0.1, 0.15) is 5.00 Å². The maximum atomic E-state index is 12.2. The number of benzene rings is 2. The minimum Gasteiger partial charge on any atom is -0.465 e. The summed E-state index contributed by atoms with van der Waals surface area (Å²) < 4.78 is 4.88. The molecule has 9 heteroatoms. The van der Waals surface area contributed by atoms with Crippen LogP contribution < -0.4 is 10.6 Å². The molecule has 0 fully saturated rings. The van der Waals surface area contributed by atoms with E-state index >= 15 is 0 Å². The number of thiophene rings is 1. The van der Waals surface area contributed by atoms with Gasteiger partial charge in [-0.15, -0.1) is 11.3 Å². The Labute approximate surface area is 176 Å². The molecule has 0 aliphatic carbocycles. The Kier molecular flexibility index (Phi) is 6.20. The molecule has 0 spiro atoms. The van der Waals surface area contributed by atoms with Gasteiger partial charge in [-0.05, 0) is 42.4 Å². The van der Waals surface area contributed by atoms with Gasteiger partial charge in [0.05, 0.1) is 17.6 Å². The molecule has 1 aromatic heterocycles. The largest absolute Gasteiger partial charge is 0.465 e. The number of carbonyl (C=O) groups is 1. The third kappa shape index (κ3) is 4.76. The molecule has 0 aliphatic heterocycles. The van der Waals surface area contributed by atoms with Crippen molar-refractivity contribution >= 4 is 51.0 Å². The molecular weight excluding hydrogens is 410 g/mol. The van der Waals surface area contributed by atoms with Gasteiger partial charge < -0.3 is 15.4 Å². The van der Waals surface area contributed by atoms with Crippen molar-refractivity contribution in [2.45, 2.75) is 6.92 Å². The highest BCUT2D eigenvalue weighted by molar-refractivity contribution is 7.80. The Bertz CT molecular complexity index is 1080. The summed E-state index contributed by atoms with van der Waals surface area (Å²) in [5.41, 5.74) is 2.66. The zero-order valence-corrected chi connectivity index (χ0v) is 17.2. The molecular formula is C20H17N3O4S2. The number of ether oxygens (including phenoxy) is 1. The van der Waals surface area contributed by atoms with Crippen LogP contribution in [0.25, 0.3) is 10.4 Å². The summed E-state index contributed by atoms with van der Waals surface area (Å²) in [4.78, 5) is 23.5. The number of rotatable bonds is 5. The van der Waals surface area contributed by atoms with Crippen LogP contribution in [-0.4, -0.2) is 23.1 Å². The number of thiocarbonyl (C=S) groups is 1. The molecule has 2 aromatic carbocycles. The second-order valence-electron chi connectivity index (χ2n) is 6.05. The van der Waals surface area contributed by atoms with Crippen LogP contribution in [-0.2, 0) is 4.74 Å². The third-order valence-electron chi connectivity index (χ3n) is 4.09. The number of non-ortho nitro benzene ring substituents is 1. The normalized spacial score (nSPS) is 10.3. The summed E-state index contributed by atoms with van der Waals surface area (Å²) in [6.45, 7) is 1.75. The van der Waals surface area contributed by atoms with Crippen LogP contribution in [0.1, 0.15) is 15.9 Å². The second-order valence-corrected chi connectivity index (χ2v) is 7.51. The lowest BCUT2D eigenvalue weighted by Gasteiger charge is -2.12. The standard InChI is InChI=1S/C20H17N3O4S2/c1-12-10-14(23(25)26)8-9-16(12)21-20(28)22-18-15(19(24)27-2)11-17(29-18)13-6-4-3-5-7-13/h3-11H,1-2H3,(H2,21,22,28). The van der Waals surface area contributed by atoms with Gasteiger partial charge in [0.15, 0.2) is 5.11 Å². The number of nitro benzene ring substituents is 1. The summed E-state index contributed by atoms with van der Waals surface area (Å²) in [5, 5.41) is 17.7. The maximum Gasteiger partial charge on any atom is 0.340 e. The second kappa shape index (κ2) is 8.80. The molecule has 0 unspecified atom stereocenters. The van der Waals surface area contributed by atoms with E-state index in [1.54, 1.807) is 19.1 Å². The first kappa shape index (κ1) is 20.4. The molecule has 0 saturated heterocycles. The van der Waals surface area contributed by atoms with Gasteiger partial charge in [-0.25, -0.2) is 4.79 Å². The summed E-state index contributed by atoms with van der Waals surface area (Å²) in [6, 6.07) is 15.9. The van der Waals surface area contributed by atoms with Crippen molar-refractivity contribution in [3.05, 3.63) is 75.8 Å². The average molecular weight is 428 g/mol. The van der Waals surface area contributed by atoms with Crippen LogP contribution >= 0.6 is 23.6 Å². The number of hydrogen-bond acceptors (Lipinski definition) is 6. The fourth-order valence-corrected chi connectivity index (χ4v) is 3.98. The summed E-state index contributed by atoms with van der Waals surface area (Å²) in [6.07, 6.45) is 0. The number of methoxy groups -OCH3 is 1. The van der Waals surface area contributed by atoms with Gasteiger partial charge in [-0.3, -0.25) is 10.1 Å². The number of carbonyl (C=O) groups excluding carboxylic acids is 1. The van der Waals surface area contributed by atoms with E-state index in [0.29, 0.717) is 21.8 Å². The number of nitrogens with zero attached hydrogens (tertiary/aromatic N) is 1. The third-order valence-corrected chi connectivity index (χ3v) is 5.40. The van der Waals surface area contributed by atoms with E-state index in [9.17, 15) is 14.9 Å². The monoisotopic (exact) mass is 427 g/mol. The number of anilines is 2. The molecule has 3 aromatic rings. The molecule has 3 rings (SSSR count). The zero-order valence-electron chi connectivity index (χ0n) is 15.6. The van der Waals surface area contributed by atoms with Crippen molar-refractivity contribution in [2.75, 3.05) is 17.7 Å². The van der Waals surface area contributed by atoms with Gasteiger partial charge in [-0.2, -0.15) is 0 Å². The summed E-state index contributed by atoms with van der Waals surface area (Å²) in [7, 11) is 1.32. The molecule has 7 nitrogen and oxygen atoms in total. The molecule has 0 aliphatic rings. The highest BCUT2D eigenvalue weighted by Crippen LogP contribution is 2.36. The quantitative estimate of drug-likeness (QED) is 0.249. The lowest BCUT2D eigenvalue weighted by atomic mass is 10.1. The highest BCUT2D eigenvalue weighted by atomic mass is 32.1. The van der Waals surface area contributed by atoms with Gasteiger partial charge in [0.2, 0.25) is 0 Å². The van der Waals surface area contributed by atoms with E-state index in [1.807, 2.05) is 30.3 Å². The average Bonchev–Trinajstić information content (AvgIpc) is 3.13. The lowest BCUT2D eigenvalue weighted by Crippen LogP contribution is -2.20. The van der Waals surface area contributed by atoms with Crippen LogP contribution in [0.15, 0.2) is 54.6 Å². The maximum absolute atomic E-state index is 12.2. The lowest BCUT2D eigenvalue weighted by molar-refractivity contribution is -0.384. The predicted molar refractivity (Wildman–Crippen MR) is 119 cm³/mol. The van der Waals surface area contributed by atoms with Crippen molar-refractivity contribution in [3.63, 3.8) is 0 Å². The molecule has 0 atom stereocenters. The Morgan fingerprint density at radius 3 is 2.48 bits per heavy atom. The van der Waals surface area contributed by atoms with Gasteiger partial charge in [-0.1, -0.05) is 30.3 Å². The minimum atomic E-state index is -0.472. The SMILES string of the molecule is COC(=O)c1cc(-c2ccccc2)sc1NC(=S)Nc1ccc([N+](=O)[O-])cc1C. The van der Waals surface area contributed by atoms with Gasteiger partial charge in [0, 0.05) is 22.7 Å². The highest BCUT2D eigenvalue weighted by Gasteiger charge is 2.19. The molecule has 29 heavy (non-hydrogen) atoms. The fourth-order valence-electron chi connectivity index (χ4n) is 2.65. The number of nitro groups is 1.